The molecule has 0 aliphatic carbocycles. The zero-order chi connectivity index (χ0) is 23.4. The van der Waals surface area contributed by atoms with Crippen LogP contribution in [0.3, 0.4) is 0 Å². The minimum absolute atomic E-state index is 0.00379. The molecule has 1 aliphatic rings. The number of carbonyl (C=O) groups is 1. The predicted molar refractivity (Wildman–Crippen MR) is 96.3 cm³/mol. The number of hydrogen-bond donors (Lipinski definition) is 1. The minimum Gasteiger partial charge on any atom is -0.341 e. The van der Waals surface area contributed by atoms with Crippen molar-refractivity contribution in [1.82, 2.24) is 34.8 Å². The van der Waals surface area contributed by atoms with E-state index in [1.54, 1.807) is 0 Å². The summed E-state index contributed by atoms with van der Waals surface area (Å²) < 4.78 is 79.5. The monoisotopic (exact) mass is 479 g/mol. The zero-order valence-electron chi connectivity index (χ0n) is 16.0. The van der Waals surface area contributed by atoms with Crippen LogP contribution >= 0.6 is 11.6 Å². The van der Waals surface area contributed by atoms with Crippen LogP contribution in [0, 0.1) is 0 Å². The van der Waals surface area contributed by atoms with E-state index in [2.05, 4.69) is 25.5 Å². The number of carbonyl (C=O) groups excluding carboxylic acids is 1. The fourth-order valence-corrected chi connectivity index (χ4v) is 3.48. The van der Waals surface area contributed by atoms with Gasteiger partial charge in [0.2, 0.25) is 5.82 Å². The lowest BCUT2D eigenvalue weighted by molar-refractivity contribution is -0.145. The van der Waals surface area contributed by atoms with Crippen molar-refractivity contribution in [3.8, 4) is 11.3 Å². The summed E-state index contributed by atoms with van der Waals surface area (Å²) in [6, 6.07) is 1.57. The fourth-order valence-electron chi connectivity index (χ4n) is 3.28. The highest BCUT2D eigenvalue weighted by atomic mass is 35.5. The van der Waals surface area contributed by atoms with Crippen molar-refractivity contribution in [3.05, 3.63) is 46.4 Å². The largest absolute Gasteiger partial charge is 0.453 e. The molecule has 4 heterocycles. The van der Waals surface area contributed by atoms with Crippen molar-refractivity contribution in [2.45, 2.75) is 31.4 Å². The summed E-state index contributed by atoms with van der Waals surface area (Å²) in [6.45, 7) is 0.321. The number of hydrogen-bond acceptors (Lipinski definition) is 5. The molecule has 4 rings (SSSR count). The van der Waals surface area contributed by atoms with Gasteiger partial charge in [-0.25, -0.2) is 4.68 Å². The third-order valence-electron chi connectivity index (χ3n) is 4.74. The lowest BCUT2D eigenvalue weighted by Gasteiger charge is -2.11. The first kappa shape index (κ1) is 22.0. The smallest absolute Gasteiger partial charge is 0.341 e. The zero-order valence-corrected chi connectivity index (χ0v) is 16.7. The number of fused-ring (bicyclic) bond motifs is 1. The second-order valence-electron chi connectivity index (χ2n) is 6.92. The molecule has 1 N–H and O–H groups in total. The molecule has 0 fully saturated rings. The molecule has 1 aliphatic heterocycles. The molecule has 0 unspecified atom stereocenters. The topological polar surface area (TPSA) is 90.5 Å². The summed E-state index contributed by atoms with van der Waals surface area (Å²) in [5.74, 6) is -2.88. The molecule has 0 radical (unpaired) electrons. The standard InChI is InChI=1S/C17H12ClF6N7O/c1-30-13(27-15(29-30)17(22,23)24)14(32)26-9-2-3-31-11(9)5-10(28-31)7-4-12(16(19,20)21)25-6-8(7)18/h4-6,9H,2-3H2,1H3,(H,26,32)/t9-/m0/s1. The second-order valence-corrected chi connectivity index (χ2v) is 7.33. The Morgan fingerprint density at radius 3 is 2.50 bits per heavy atom. The number of halogens is 7. The van der Waals surface area contributed by atoms with Crippen molar-refractivity contribution in [2.75, 3.05) is 0 Å². The van der Waals surface area contributed by atoms with Gasteiger partial charge < -0.3 is 5.32 Å². The van der Waals surface area contributed by atoms with Crippen LogP contribution in [0.15, 0.2) is 18.3 Å². The molecular formula is C17H12ClF6N7O. The van der Waals surface area contributed by atoms with Crippen LogP contribution in [0.25, 0.3) is 11.3 Å². The van der Waals surface area contributed by atoms with Crippen LogP contribution in [0.1, 0.15) is 40.3 Å². The average Bonchev–Trinajstić information content (AvgIpc) is 3.36. The number of alkyl halides is 6. The summed E-state index contributed by atoms with van der Waals surface area (Å²) in [6.07, 6.45) is -8.24. The summed E-state index contributed by atoms with van der Waals surface area (Å²) in [4.78, 5) is 19.0. The van der Waals surface area contributed by atoms with Gasteiger partial charge in [0.15, 0.2) is 0 Å². The van der Waals surface area contributed by atoms with Gasteiger partial charge in [-0.05, 0) is 18.6 Å². The van der Waals surface area contributed by atoms with Crippen molar-refractivity contribution in [2.24, 2.45) is 7.05 Å². The van der Waals surface area contributed by atoms with E-state index in [0.717, 1.165) is 19.3 Å². The Morgan fingerprint density at radius 2 is 1.88 bits per heavy atom. The van der Waals surface area contributed by atoms with Gasteiger partial charge in [-0.2, -0.15) is 36.4 Å². The van der Waals surface area contributed by atoms with Gasteiger partial charge in [0.25, 0.3) is 11.7 Å². The summed E-state index contributed by atoms with van der Waals surface area (Å²) in [5, 5.41) is 9.94. The number of rotatable bonds is 3. The number of pyridine rings is 1. The Labute approximate surface area is 180 Å². The number of nitrogens with zero attached hydrogens (tertiary/aromatic N) is 6. The Hall–Kier alpha value is -3.16. The number of amides is 1. The maximum absolute atomic E-state index is 13.0. The lowest BCUT2D eigenvalue weighted by atomic mass is 10.1. The molecule has 170 valence electrons. The van der Waals surface area contributed by atoms with Gasteiger partial charge in [-0.3, -0.25) is 14.5 Å². The van der Waals surface area contributed by atoms with E-state index < -0.39 is 41.6 Å². The van der Waals surface area contributed by atoms with Gasteiger partial charge in [0, 0.05) is 25.4 Å². The predicted octanol–water partition coefficient (Wildman–Crippen LogP) is 3.64. The van der Waals surface area contributed by atoms with Crippen molar-refractivity contribution in [3.63, 3.8) is 0 Å². The Bertz CT molecular complexity index is 1200. The Morgan fingerprint density at radius 1 is 1.16 bits per heavy atom. The quantitative estimate of drug-likeness (QED) is 0.579. The van der Waals surface area contributed by atoms with Crippen LogP contribution in [-0.4, -0.2) is 35.4 Å². The first-order chi connectivity index (χ1) is 14.8. The van der Waals surface area contributed by atoms with E-state index in [-0.39, 0.29) is 16.3 Å². The summed E-state index contributed by atoms with van der Waals surface area (Å²) in [7, 11) is 1.15. The lowest BCUT2D eigenvalue weighted by Crippen LogP contribution is -2.29. The van der Waals surface area contributed by atoms with E-state index in [0.29, 0.717) is 23.3 Å². The number of nitrogens with one attached hydrogen (secondary N) is 1. The SMILES string of the molecule is Cn1nc(C(F)(F)F)nc1C(=O)N[C@H]1CCn2nc(-c3cc(C(F)(F)F)ncc3Cl)cc21. The first-order valence-electron chi connectivity index (χ1n) is 8.94. The molecule has 32 heavy (non-hydrogen) atoms. The second kappa shape index (κ2) is 7.46. The molecule has 1 atom stereocenters. The molecule has 8 nitrogen and oxygen atoms in total. The molecule has 15 heteroatoms. The Balaban J connectivity index is 1.59. The molecular weight excluding hydrogens is 468 g/mol. The molecule has 0 aromatic carbocycles. The maximum atomic E-state index is 13.0. The van der Waals surface area contributed by atoms with Gasteiger partial charge in [-0.15, -0.1) is 5.10 Å². The van der Waals surface area contributed by atoms with Crippen LogP contribution < -0.4 is 5.32 Å². The highest BCUT2D eigenvalue weighted by Gasteiger charge is 2.38. The summed E-state index contributed by atoms with van der Waals surface area (Å²) in [5.41, 5.74) is -0.551. The van der Waals surface area contributed by atoms with Gasteiger partial charge in [0.1, 0.15) is 5.69 Å². The van der Waals surface area contributed by atoms with Crippen molar-refractivity contribution in [1.29, 1.82) is 0 Å². The molecule has 3 aromatic rings. The van der Waals surface area contributed by atoms with E-state index in [1.165, 1.54) is 10.7 Å². The first-order valence-corrected chi connectivity index (χ1v) is 9.32. The Kier molecular flexibility index (Phi) is 5.14. The average molecular weight is 480 g/mol. The van der Waals surface area contributed by atoms with Crippen LogP contribution in [-0.2, 0) is 25.9 Å². The fraction of sp³-hybridized carbons (Fsp3) is 0.353. The van der Waals surface area contributed by atoms with Crippen LogP contribution in [0.2, 0.25) is 5.02 Å². The van der Waals surface area contributed by atoms with Gasteiger partial charge >= 0.3 is 12.4 Å². The normalized spacial score (nSPS) is 16.3. The van der Waals surface area contributed by atoms with E-state index >= 15 is 0 Å². The van der Waals surface area contributed by atoms with E-state index in [1.807, 2.05) is 0 Å². The summed E-state index contributed by atoms with van der Waals surface area (Å²) >= 11 is 6.00. The van der Waals surface area contributed by atoms with Crippen LogP contribution in [0.5, 0.6) is 0 Å². The molecule has 0 bridgehead atoms. The molecule has 0 spiro atoms. The molecule has 0 saturated heterocycles. The number of aryl methyl sites for hydroxylation is 2. The van der Waals surface area contributed by atoms with E-state index in [9.17, 15) is 31.1 Å². The maximum Gasteiger partial charge on any atom is 0.453 e. The van der Waals surface area contributed by atoms with E-state index in [4.69, 9.17) is 11.6 Å². The third kappa shape index (κ3) is 4.01. The highest BCUT2D eigenvalue weighted by molar-refractivity contribution is 6.33. The van der Waals surface area contributed by atoms with Crippen LogP contribution in [0.4, 0.5) is 26.3 Å². The molecule has 0 saturated carbocycles. The van der Waals surface area contributed by atoms with Gasteiger partial charge in [-0.1, -0.05) is 11.6 Å². The minimum atomic E-state index is -4.81. The van der Waals surface area contributed by atoms with Crippen molar-refractivity contribution >= 4 is 17.5 Å². The number of aromatic nitrogens is 6. The molecule has 1 amide bonds. The highest BCUT2D eigenvalue weighted by Crippen LogP contribution is 2.36. The van der Waals surface area contributed by atoms with Crippen molar-refractivity contribution < 1.29 is 31.1 Å². The molecule has 3 aromatic heterocycles. The van der Waals surface area contributed by atoms with Gasteiger partial charge in [0.05, 0.1) is 22.5 Å². The third-order valence-corrected chi connectivity index (χ3v) is 5.05.